The zero-order valence-corrected chi connectivity index (χ0v) is 10.3. The molecule has 1 rings (SSSR count). The standard InChI is InChI=1S/C12H14N2OS/c1-4-5-16-12-11(7-13)10(8-15-3)6-9(2)14-12/h4,6H,1,5,8H2,2-3H3. The molecule has 0 aliphatic carbocycles. The first kappa shape index (κ1) is 12.8. The van der Waals surface area contributed by atoms with Crippen molar-refractivity contribution in [2.45, 2.75) is 18.6 Å². The molecule has 0 aliphatic heterocycles. The number of hydrogen-bond donors (Lipinski definition) is 0. The molecule has 0 unspecified atom stereocenters. The van der Waals surface area contributed by atoms with Crippen molar-refractivity contribution in [3.8, 4) is 6.07 Å². The van der Waals surface area contributed by atoms with Gasteiger partial charge in [0.25, 0.3) is 0 Å². The van der Waals surface area contributed by atoms with Crippen LogP contribution in [0, 0.1) is 18.3 Å². The van der Waals surface area contributed by atoms with Gasteiger partial charge < -0.3 is 4.74 Å². The Kier molecular flexibility index (Phi) is 5.03. The molecule has 0 spiro atoms. The molecule has 1 heterocycles. The molecule has 0 saturated heterocycles. The second kappa shape index (κ2) is 6.31. The third-order valence-electron chi connectivity index (χ3n) is 1.95. The molecule has 16 heavy (non-hydrogen) atoms. The lowest BCUT2D eigenvalue weighted by Crippen LogP contribution is -1.99. The van der Waals surface area contributed by atoms with Crippen molar-refractivity contribution in [1.29, 1.82) is 5.26 Å². The first-order valence-corrected chi connectivity index (χ1v) is 5.84. The van der Waals surface area contributed by atoms with Crippen LogP contribution in [0.15, 0.2) is 23.7 Å². The summed E-state index contributed by atoms with van der Waals surface area (Å²) in [7, 11) is 1.62. The van der Waals surface area contributed by atoms with Gasteiger partial charge in [-0.3, -0.25) is 0 Å². The molecule has 0 saturated carbocycles. The zero-order valence-electron chi connectivity index (χ0n) is 9.49. The van der Waals surface area contributed by atoms with Crippen molar-refractivity contribution < 1.29 is 4.74 Å². The summed E-state index contributed by atoms with van der Waals surface area (Å²) in [6.45, 7) is 6.01. The molecular weight excluding hydrogens is 220 g/mol. The Morgan fingerprint density at radius 3 is 3.00 bits per heavy atom. The molecule has 0 bridgehead atoms. The van der Waals surface area contributed by atoms with E-state index in [0.29, 0.717) is 12.2 Å². The van der Waals surface area contributed by atoms with Gasteiger partial charge >= 0.3 is 0 Å². The third-order valence-corrected chi connectivity index (χ3v) is 2.92. The maximum absolute atomic E-state index is 9.13. The minimum atomic E-state index is 0.438. The van der Waals surface area contributed by atoms with Gasteiger partial charge in [-0.05, 0) is 18.6 Å². The maximum atomic E-state index is 9.13. The summed E-state index contributed by atoms with van der Waals surface area (Å²) in [6.07, 6.45) is 1.80. The van der Waals surface area contributed by atoms with Crippen LogP contribution in [0.3, 0.4) is 0 Å². The fourth-order valence-electron chi connectivity index (χ4n) is 1.34. The number of aryl methyl sites for hydroxylation is 1. The van der Waals surface area contributed by atoms with Gasteiger partial charge in [0.05, 0.1) is 12.2 Å². The second-order valence-corrected chi connectivity index (χ2v) is 4.26. The molecule has 0 fully saturated rings. The number of pyridine rings is 1. The van der Waals surface area contributed by atoms with E-state index < -0.39 is 0 Å². The van der Waals surface area contributed by atoms with Crippen LogP contribution in [0.25, 0.3) is 0 Å². The molecule has 1 aromatic rings. The lowest BCUT2D eigenvalue weighted by Gasteiger charge is -2.08. The number of nitriles is 1. The van der Waals surface area contributed by atoms with Crippen molar-refractivity contribution >= 4 is 11.8 Å². The smallest absolute Gasteiger partial charge is 0.115 e. The van der Waals surface area contributed by atoms with Crippen LogP contribution in [-0.4, -0.2) is 17.8 Å². The second-order valence-electron chi connectivity index (χ2n) is 3.25. The molecule has 1 aromatic heterocycles. The number of aromatic nitrogens is 1. The Bertz CT molecular complexity index is 424. The van der Waals surface area contributed by atoms with Gasteiger partial charge in [0.15, 0.2) is 0 Å². The minimum absolute atomic E-state index is 0.438. The number of hydrogen-bond acceptors (Lipinski definition) is 4. The maximum Gasteiger partial charge on any atom is 0.115 e. The normalized spacial score (nSPS) is 9.81. The van der Waals surface area contributed by atoms with E-state index in [4.69, 9.17) is 10.00 Å². The molecule has 0 N–H and O–H groups in total. The zero-order chi connectivity index (χ0) is 12.0. The Hall–Kier alpha value is -1.31. The van der Waals surface area contributed by atoms with Gasteiger partial charge in [-0.1, -0.05) is 6.08 Å². The summed E-state index contributed by atoms with van der Waals surface area (Å²) in [6, 6.07) is 4.08. The fourth-order valence-corrected chi connectivity index (χ4v) is 2.15. The van der Waals surface area contributed by atoms with Crippen LogP contribution < -0.4 is 0 Å². The summed E-state index contributed by atoms with van der Waals surface area (Å²) < 4.78 is 5.08. The molecule has 0 amide bonds. The van der Waals surface area contributed by atoms with E-state index in [9.17, 15) is 0 Å². The van der Waals surface area contributed by atoms with Crippen molar-refractivity contribution in [3.63, 3.8) is 0 Å². The Balaban J connectivity index is 3.14. The minimum Gasteiger partial charge on any atom is -0.380 e. The first-order chi connectivity index (χ1) is 7.72. The van der Waals surface area contributed by atoms with Crippen LogP contribution in [0.1, 0.15) is 16.8 Å². The lowest BCUT2D eigenvalue weighted by molar-refractivity contribution is 0.184. The highest BCUT2D eigenvalue weighted by atomic mass is 32.2. The lowest BCUT2D eigenvalue weighted by atomic mass is 10.1. The van der Waals surface area contributed by atoms with Crippen molar-refractivity contribution in [2.24, 2.45) is 0 Å². The van der Waals surface area contributed by atoms with Crippen LogP contribution in [0.5, 0.6) is 0 Å². The molecular formula is C12H14N2OS. The molecule has 84 valence electrons. The van der Waals surface area contributed by atoms with Crippen molar-refractivity contribution in [1.82, 2.24) is 4.98 Å². The van der Waals surface area contributed by atoms with Crippen molar-refractivity contribution in [3.05, 3.63) is 35.5 Å². The highest BCUT2D eigenvalue weighted by molar-refractivity contribution is 7.99. The first-order valence-electron chi connectivity index (χ1n) is 4.86. The van der Waals surface area contributed by atoms with Gasteiger partial charge in [0, 0.05) is 18.6 Å². The Labute approximate surface area is 100 Å². The monoisotopic (exact) mass is 234 g/mol. The van der Waals surface area contributed by atoms with Crippen LogP contribution in [0.2, 0.25) is 0 Å². The van der Waals surface area contributed by atoms with Crippen LogP contribution >= 0.6 is 11.8 Å². The van der Waals surface area contributed by atoms with Gasteiger partial charge in [-0.2, -0.15) is 5.26 Å². The number of methoxy groups -OCH3 is 1. The Morgan fingerprint density at radius 1 is 1.69 bits per heavy atom. The van der Waals surface area contributed by atoms with Crippen molar-refractivity contribution in [2.75, 3.05) is 12.9 Å². The molecule has 0 aliphatic rings. The summed E-state index contributed by atoms with van der Waals surface area (Å²) >= 11 is 1.52. The average Bonchev–Trinajstić information content (AvgIpc) is 2.26. The largest absolute Gasteiger partial charge is 0.380 e. The number of rotatable bonds is 5. The summed E-state index contributed by atoms with van der Waals surface area (Å²) in [5.74, 6) is 0.748. The highest BCUT2D eigenvalue weighted by Gasteiger charge is 2.11. The summed E-state index contributed by atoms with van der Waals surface area (Å²) in [4.78, 5) is 4.36. The molecule has 0 atom stereocenters. The van der Waals surface area contributed by atoms with E-state index in [1.54, 1.807) is 13.2 Å². The molecule has 0 radical (unpaired) electrons. The molecule has 4 heteroatoms. The number of ether oxygens (including phenoxy) is 1. The molecule has 0 aromatic carbocycles. The summed E-state index contributed by atoms with van der Waals surface area (Å²) in [5, 5.41) is 9.89. The number of nitrogens with zero attached hydrogens (tertiary/aromatic N) is 2. The van der Waals surface area contributed by atoms with E-state index in [-0.39, 0.29) is 0 Å². The Morgan fingerprint density at radius 2 is 2.44 bits per heavy atom. The average molecular weight is 234 g/mol. The fraction of sp³-hybridized carbons (Fsp3) is 0.333. The summed E-state index contributed by atoms with van der Waals surface area (Å²) in [5.41, 5.74) is 2.40. The number of thioether (sulfide) groups is 1. The predicted molar refractivity (Wildman–Crippen MR) is 65.3 cm³/mol. The van der Waals surface area contributed by atoms with Gasteiger partial charge in [-0.25, -0.2) is 4.98 Å². The quantitative estimate of drug-likeness (QED) is 0.580. The predicted octanol–water partition coefficient (Wildman–Crippen LogP) is 2.69. The van der Waals surface area contributed by atoms with E-state index in [2.05, 4.69) is 17.6 Å². The van der Waals surface area contributed by atoms with Crippen LogP contribution in [-0.2, 0) is 11.3 Å². The molecule has 3 nitrogen and oxygen atoms in total. The van der Waals surface area contributed by atoms with E-state index in [0.717, 1.165) is 22.0 Å². The third kappa shape index (κ3) is 3.09. The van der Waals surface area contributed by atoms with Gasteiger partial charge in [0.2, 0.25) is 0 Å². The van der Waals surface area contributed by atoms with E-state index >= 15 is 0 Å². The van der Waals surface area contributed by atoms with E-state index in [1.165, 1.54) is 11.8 Å². The van der Waals surface area contributed by atoms with Gasteiger partial charge in [-0.15, -0.1) is 18.3 Å². The SMILES string of the molecule is C=CCSc1nc(C)cc(COC)c1C#N. The van der Waals surface area contributed by atoms with E-state index in [1.807, 2.05) is 13.0 Å². The van der Waals surface area contributed by atoms with Gasteiger partial charge in [0.1, 0.15) is 11.1 Å². The topological polar surface area (TPSA) is 45.9 Å². The highest BCUT2D eigenvalue weighted by Crippen LogP contribution is 2.24. The van der Waals surface area contributed by atoms with Crippen LogP contribution in [0.4, 0.5) is 0 Å².